The van der Waals surface area contributed by atoms with Crippen LogP contribution in [0.4, 0.5) is 0 Å². The van der Waals surface area contributed by atoms with Crippen molar-refractivity contribution in [1.82, 2.24) is 10.2 Å². The van der Waals surface area contributed by atoms with Gasteiger partial charge in [0.15, 0.2) is 6.61 Å². The number of hydrogen-bond acceptors (Lipinski definition) is 4. The van der Waals surface area contributed by atoms with Crippen molar-refractivity contribution in [1.29, 1.82) is 0 Å². The van der Waals surface area contributed by atoms with E-state index in [0.29, 0.717) is 23.8 Å². The summed E-state index contributed by atoms with van der Waals surface area (Å²) in [6.45, 7) is 4.33. The fraction of sp³-hybridized carbons (Fsp3) is 0.310. The molecule has 0 spiro atoms. The van der Waals surface area contributed by atoms with Crippen LogP contribution >= 0.6 is 0 Å². The van der Waals surface area contributed by atoms with Gasteiger partial charge in [0.25, 0.3) is 5.91 Å². The maximum absolute atomic E-state index is 13.5. The Bertz CT molecular complexity index is 1100. The minimum absolute atomic E-state index is 0.173. The van der Waals surface area contributed by atoms with Crippen LogP contribution in [0.15, 0.2) is 78.9 Å². The van der Waals surface area contributed by atoms with Crippen LogP contribution in [0.3, 0.4) is 0 Å². The summed E-state index contributed by atoms with van der Waals surface area (Å²) >= 11 is 0. The highest BCUT2D eigenvalue weighted by molar-refractivity contribution is 5.88. The number of hydrogen-bond donors (Lipinski definition) is 1. The average Bonchev–Trinajstić information content (AvgIpc) is 2.89. The standard InChI is InChI=1S/C29H34N2O4/c1-21(2)24-13-15-25(16-14-24)35-20-28(32)31(19-23-11-8-12-26(17-23)34-4)27(29(33)30-3)18-22-9-6-5-7-10-22/h5-17,21,27H,18-20H2,1-4H3,(H,30,33)/t27-/m1/s1. The summed E-state index contributed by atoms with van der Waals surface area (Å²) in [5, 5.41) is 2.72. The van der Waals surface area contributed by atoms with Gasteiger partial charge in [-0.2, -0.15) is 0 Å². The van der Waals surface area contributed by atoms with E-state index in [0.717, 1.165) is 11.1 Å². The van der Waals surface area contributed by atoms with E-state index in [-0.39, 0.29) is 25.0 Å². The Morgan fingerprint density at radius 3 is 2.20 bits per heavy atom. The molecule has 3 aromatic carbocycles. The molecule has 0 heterocycles. The van der Waals surface area contributed by atoms with Crippen molar-refractivity contribution in [2.45, 2.75) is 38.8 Å². The van der Waals surface area contributed by atoms with E-state index in [9.17, 15) is 9.59 Å². The molecular weight excluding hydrogens is 440 g/mol. The Balaban J connectivity index is 1.85. The molecule has 0 saturated heterocycles. The van der Waals surface area contributed by atoms with E-state index in [2.05, 4.69) is 19.2 Å². The molecule has 1 N–H and O–H groups in total. The maximum Gasteiger partial charge on any atom is 0.261 e. The van der Waals surface area contributed by atoms with Crippen LogP contribution in [0.1, 0.15) is 36.5 Å². The van der Waals surface area contributed by atoms with E-state index in [4.69, 9.17) is 9.47 Å². The van der Waals surface area contributed by atoms with Gasteiger partial charge < -0.3 is 19.7 Å². The first kappa shape index (κ1) is 25.8. The van der Waals surface area contributed by atoms with Crippen LogP contribution in [0, 0.1) is 0 Å². The molecule has 6 heteroatoms. The van der Waals surface area contributed by atoms with Crippen molar-refractivity contribution < 1.29 is 19.1 Å². The molecule has 0 radical (unpaired) electrons. The molecule has 3 rings (SSSR count). The van der Waals surface area contributed by atoms with Gasteiger partial charge in [0.2, 0.25) is 5.91 Å². The summed E-state index contributed by atoms with van der Waals surface area (Å²) in [5.74, 6) is 1.21. The van der Waals surface area contributed by atoms with Crippen LogP contribution in [0.5, 0.6) is 11.5 Å². The smallest absolute Gasteiger partial charge is 0.261 e. The zero-order valence-electron chi connectivity index (χ0n) is 20.9. The molecule has 35 heavy (non-hydrogen) atoms. The zero-order valence-corrected chi connectivity index (χ0v) is 20.9. The topological polar surface area (TPSA) is 67.9 Å². The van der Waals surface area contributed by atoms with Gasteiger partial charge >= 0.3 is 0 Å². The first-order chi connectivity index (χ1) is 16.9. The summed E-state index contributed by atoms with van der Waals surface area (Å²) in [6, 6.07) is 24.2. The van der Waals surface area contributed by atoms with Gasteiger partial charge in [-0.15, -0.1) is 0 Å². The van der Waals surface area contributed by atoms with Crippen molar-refractivity contribution in [3.8, 4) is 11.5 Å². The third-order valence-corrected chi connectivity index (χ3v) is 5.91. The fourth-order valence-corrected chi connectivity index (χ4v) is 3.87. The summed E-state index contributed by atoms with van der Waals surface area (Å²) < 4.78 is 11.2. The van der Waals surface area contributed by atoms with E-state index < -0.39 is 6.04 Å². The number of ether oxygens (including phenoxy) is 2. The molecule has 184 valence electrons. The van der Waals surface area contributed by atoms with Crippen molar-refractivity contribution >= 4 is 11.8 Å². The Kier molecular flexibility index (Phi) is 9.30. The number of amides is 2. The lowest BCUT2D eigenvalue weighted by molar-refractivity contribution is -0.142. The van der Waals surface area contributed by atoms with Crippen LogP contribution < -0.4 is 14.8 Å². The van der Waals surface area contributed by atoms with Crippen LogP contribution in [-0.2, 0) is 22.6 Å². The predicted molar refractivity (Wildman–Crippen MR) is 138 cm³/mol. The first-order valence-corrected chi connectivity index (χ1v) is 11.8. The predicted octanol–water partition coefficient (Wildman–Crippen LogP) is 4.58. The van der Waals surface area contributed by atoms with E-state index >= 15 is 0 Å². The SMILES string of the molecule is CNC(=O)[C@@H](Cc1ccccc1)N(Cc1cccc(OC)c1)C(=O)COc1ccc(C(C)C)cc1. The van der Waals surface area contributed by atoms with Crippen molar-refractivity contribution in [2.24, 2.45) is 0 Å². The third-order valence-electron chi connectivity index (χ3n) is 5.91. The minimum atomic E-state index is -0.701. The number of methoxy groups -OCH3 is 1. The molecule has 6 nitrogen and oxygen atoms in total. The highest BCUT2D eigenvalue weighted by Crippen LogP contribution is 2.21. The van der Waals surface area contributed by atoms with Crippen molar-refractivity contribution in [3.63, 3.8) is 0 Å². The lowest BCUT2D eigenvalue weighted by Crippen LogP contribution is -2.51. The largest absolute Gasteiger partial charge is 0.497 e. The second-order valence-electron chi connectivity index (χ2n) is 8.71. The molecule has 0 aliphatic carbocycles. The number of benzene rings is 3. The van der Waals surface area contributed by atoms with Gasteiger partial charge in [-0.05, 0) is 46.9 Å². The Morgan fingerprint density at radius 1 is 0.886 bits per heavy atom. The molecule has 3 aromatic rings. The molecule has 0 aromatic heterocycles. The highest BCUT2D eigenvalue weighted by Gasteiger charge is 2.30. The second-order valence-corrected chi connectivity index (χ2v) is 8.71. The second kappa shape index (κ2) is 12.6. The molecular formula is C29H34N2O4. The lowest BCUT2D eigenvalue weighted by Gasteiger charge is -2.31. The van der Waals surface area contributed by atoms with Gasteiger partial charge in [-0.1, -0.05) is 68.4 Å². The first-order valence-electron chi connectivity index (χ1n) is 11.8. The number of nitrogens with one attached hydrogen (secondary N) is 1. The molecule has 0 unspecified atom stereocenters. The lowest BCUT2D eigenvalue weighted by atomic mass is 10.0. The Hall–Kier alpha value is -3.80. The van der Waals surface area contributed by atoms with E-state index in [1.165, 1.54) is 5.56 Å². The molecule has 0 aliphatic heterocycles. The summed E-state index contributed by atoms with van der Waals surface area (Å²) in [4.78, 5) is 28.1. The van der Waals surface area contributed by atoms with Gasteiger partial charge in [0, 0.05) is 20.0 Å². The molecule has 0 saturated carbocycles. The third kappa shape index (κ3) is 7.34. The number of carbonyl (C=O) groups excluding carboxylic acids is 2. The Morgan fingerprint density at radius 2 is 1.57 bits per heavy atom. The van der Waals surface area contributed by atoms with Gasteiger partial charge in [0.1, 0.15) is 17.5 Å². The molecule has 0 bridgehead atoms. The van der Waals surface area contributed by atoms with Gasteiger partial charge in [0.05, 0.1) is 7.11 Å². The van der Waals surface area contributed by atoms with Crippen molar-refractivity contribution in [3.05, 3.63) is 95.6 Å². The summed E-state index contributed by atoms with van der Waals surface area (Å²) in [7, 11) is 3.18. The minimum Gasteiger partial charge on any atom is -0.497 e. The van der Waals surface area contributed by atoms with Crippen LogP contribution in [0.2, 0.25) is 0 Å². The summed E-state index contributed by atoms with van der Waals surface area (Å²) in [5.41, 5.74) is 3.03. The van der Waals surface area contributed by atoms with Crippen molar-refractivity contribution in [2.75, 3.05) is 20.8 Å². The normalized spacial score (nSPS) is 11.6. The van der Waals surface area contributed by atoms with Gasteiger partial charge in [-0.25, -0.2) is 0 Å². The Labute approximate surface area is 207 Å². The average molecular weight is 475 g/mol. The van der Waals surface area contributed by atoms with E-state index in [1.54, 1.807) is 19.1 Å². The number of carbonyl (C=O) groups is 2. The van der Waals surface area contributed by atoms with Crippen LogP contribution in [-0.4, -0.2) is 43.5 Å². The number of likely N-dealkylation sites (N-methyl/N-ethyl adjacent to an activating group) is 1. The summed E-state index contributed by atoms with van der Waals surface area (Å²) in [6.07, 6.45) is 0.388. The highest BCUT2D eigenvalue weighted by atomic mass is 16.5. The van der Waals surface area contributed by atoms with E-state index in [1.807, 2.05) is 78.9 Å². The fourth-order valence-electron chi connectivity index (χ4n) is 3.87. The monoisotopic (exact) mass is 474 g/mol. The zero-order chi connectivity index (χ0) is 25.2. The molecule has 1 atom stereocenters. The van der Waals surface area contributed by atoms with Gasteiger partial charge in [-0.3, -0.25) is 9.59 Å². The molecule has 0 fully saturated rings. The van der Waals surface area contributed by atoms with Crippen LogP contribution in [0.25, 0.3) is 0 Å². The quantitative estimate of drug-likeness (QED) is 0.442. The maximum atomic E-state index is 13.5. The molecule has 0 aliphatic rings. The number of nitrogens with zero attached hydrogens (tertiary/aromatic N) is 1. The number of rotatable bonds is 11. The molecule has 2 amide bonds.